The van der Waals surface area contributed by atoms with Gasteiger partial charge in [-0.2, -0.15) is 13.2 Å². The summed E-state index contributed by atoms with van der Waals surface area (Å²) in [6, 6.07) is 3.55. The maximum Gasteiger partial charge on any atom is 0.416 e. The number of carbonyl (C=O) groups is 1. The fourth-order valence-electron chi connectivity index (χ4n) is 3.02. The third-order valence-electron chi connectivity index (χ3n) is 4.33. The van der Waals surface area contributed by atoms with Gasteiger partial charge >= 0.3 is 6.18 Å². The lowest BCUT2D eigenvalue weighted by Crippen LogP contribution is -2.26. The Kier molecular flexibility index (Phi) is 4.48. The summed E-state index contributed by atoms with van der Waals surface area (Å²) in [5, 5.41) is 2.68. The zero-order valence-corrected chi connectivity index (χ0v) is 12.7. The molecule has 0 aliphatic carbocycles. The Bertz CT molecular complexity index is 577. The van der Waals surface area contributed by atoms with Crippen LogP contribution in [0.4, 0.5) is 24.5 Å². The summed E-state index contributed by atoms with van der Waals surface area (Å²) in [6.07, 6.45) is -1.82. The lowest BCUT2D eigenvalue weighted by atomic mass is 10.1. The third-order valence-corrected chi connectivity index (χ3v) is 4.33. The van der Waals surface area contributed by atoms with E-state index in [0.717, 1.165) is 38.1 Å². The number of amides is 1. The van der Waals surface area contributed by atoms with Crippen molar-refractivity contribution >= 4 is 17.3 Å². The fraction of sp³-hybridized carbons (Fsp3) is 0.562. The van der Waals surface area contributed by atoms with E-state index in [9.17, 15) is 18.0 Å². The number of benzene rings is 1. The van der Waals surface area contributed by atoms with Crippen LogP contribution in [0.25, 0.3) is 0 Å². The number of hydrogen-bond acceptors (Lipinski definition) is 3. The summed E-state index contributed by atoms with van der Waals surface area (Å²) in [5.41, 5.74) is 0.139. The minimum absolute atomic E-state index is 0.235. The molecule has 2 heterocycles. The Hall–Kier alpha value is -1.76. The topological polar surface area (TPSA) is 41.6 Å². The lowest BCUT2D eigenvalue weighted by Gasteiger charge is -2.23. The molecule has 0 aromatic heterocycles. The number of ether oxygens (including phenoxy) is 1. The van der Waals surface area contributed by atoms with Crippen LogP contribution >= 0.6 is 0 Å². The molecule has 1 amide bonds. The predicted octanol–water partition coefficient (Wildman–Crippen LogP) is 3.28. The zero-order chi connectivity index (χ0) is 16.4. The molecule has 1 aromatic rings. The minimum atomic E-state index is -4.43. The molecular weight excluding hydrogens is 309 g/mol. The van der Waals surface area contributed by atoms with E-state index in [4.69, 9.17) is 4.74 Å². The van der Waals surface area contributed by atoms with Crippen LogP contribution in [0.1, 0.15) is 24.8 Å². The summed E-state index contributed by atoms with van der Waals surface area (Å²) >= 11 is 0. The summed E-state index contributed by atoms with van der Waals surface area (Å²) in [7, 11) is 0. The zero-order valence-electron chi connectivity index (χ0n) is 12.7. The molecule has 1 N–H and O–H groups in total. The number of anilines is 2. The Balaban J connectivity index is 1.88. The van der Waals surface area contributed by atoms with Crippen molar-refractivity contribution in [1.29, 1.82) is 0 Å². The Morgan fingerprint density at radius 1 is 1.26 bits per heavy atom. The molecule has 0 radical (unpaired) electrons. The first-order valence-electron chi connectivity index (χ1n) is 7.80. The van der Waals surface area contributed by atoms with Gasteiger partial charge < -0.3 is 15.0 Å². The maximum atomic E-state index is 13.0. The fourth-order valence-corrected chi connectivity index (χ4v) is 3.02. The summed E-state index contributed by atoms with van der Waals surface area (Å²) in [5.74, 6) is -0.571. The van der Waals surface area contributed by atoms with E-state index in [0.29, 0.717) is 25.3 Å². The number of nitrogens with one attached hydrogen (secondary N) is 1. The molecule has 4 nitrogen and oxygen atoms in total. The molecule has 7 heteroatoms. The molecule has 2 aliphatic heterocycles. The molecule has 0 spiro atoms. The first-order valence-corrected chi connectivity index (χ1v) is 7.80. The van der Waals surface area contributed by atoms with E-state index >= 15 is 0 Å². The number of rotatable bonds is 3. The van der Waals surface area contributed by atoms with Gasteiger partial charge in [0.2, 0.25) is 5.91 Å². The second-order valence-electron chi connectivity index (χ2n) is 5.97. The van der Waals surface area contributed by atoms with Crippen molar-refractivity contribution in [2.24, 2.45) is 5.92 Å². The standard InChI is InChI=1S/C16H19F3N2O2/c17-16(18,19)12-3-4-14(21-6-1-2-7-21)13(9-12)20-15(22)11-5-8-23-10-11/h3-4,9,11H,1-2,5-8,10H2,(H,20,22)/t11-/m1/s1. The van der Waals surface area contributed by atoms with E-state index in [2.05, 4.69) is 5.32 Å². The average molecular weight is 328 g/mol. The van der Waals surface area contributed by atoms with Crippen LogP contribution in [-0.2, 0) is 15.7 Å². The van der Waals surface area contributed by atoms with Gasteiger partial charge in [-0.05, 0) is 37.5 Å². The highest BCUT2D eigenvalue weighted by molar-refractivity contribution is 5.96. The van der Waals surface area contributed by atoms with Gasteiger partial charge in [-0.1, -0.05) is 0 Å². The van der Waals surface area contributed by atoms with E-state index in [-0.39, 0.29) is 17.5 Å². The van der Waals surface area contributed by atoms with E-state index in [1.165, 1.54) is 6.07 Å². The molecule has 2 saturated heterocycles. The SMILES string of the molecule is O=C(Nc1cc(C(F)(F)F)ccc1N1CCCC1)[C@@H]1CCOC1. The summed E-state index contributed by atoms with van der Waals surface area (Å²) < 4.78 is 44.1. The summed E-state index contributed by atoms with van der Waals surface area (Å²) in [6.45, 7) is 2.42. The number of halogens is 3. The largest absolute Gasteiger partial charge is 0.416 e. The van der Waals surface area contributed by atoms with Crippen LogP contribution in [0.3, 0.4) is 0 Å². The predicted molar refractivity (Wildman–Crippen MR) is 80.4 cm³/mol. The van der Waals surface area contributed by atoms with Crippen molar-refractivity contribution in [2.75, 3.05) is 36.5 Å². The smallest absolute Gasteiger partial charge is 0.381 e. The monoisotopic (exact) mass is 328 g/mol. The quantitative estimate of drug-likeness (QED) is 0.926. The molecule has 3 rings (SSSR count). The van der Waals surface area contributed by atoms with Crippen LogP contribution in [0, 0.1) is 5.92 Å². The molecule has 0 bridgehead atoms. The van der Waals surface area contributed by atoms with Gasteiger partial charge in [-0.3, -0.25) is 4.79 Å². The van der Waals surface area contributed by atoms with Gasteiger partial charge in [0.1, 0.15) is 0 Å². The minimum Gasteiger partial charge on any atom is -0.381 e. The third kappa shape index (κ3) is 3.60. The van der Waals surface area contributed by atoms with E-state index in [1.54, 1.807) is 0 Å². The Labute approximate surface area is 132 Å². The highest BCUT2D eigenvalue weighted by Gasteiger charge is 2.32. The normalized spacial score (nSPS) is 21.7. The molecule has 2 fully saturated rings. The first kappa shape index (κ1) is 16.1. The number of alkyl halides is 3. The van der Waals surface area contributed by atoms with E-state index < -0.39 is 11.7 Å². The second-order valence-corrected chi connectivity index (χ2v) is 5.97. The average Bonchev–Trinajstić information content (AvgIpc) is 3.20. The Morgan fingerprint density at radius 2 is 2.00 bits per heavy atom. The molecule has 1 aromatic carbocycles. The van der Waals surface area contributed by atoms with Crippen LogP contribution in [-0.4, -0.2) is 32.2 Å². The van der Waals surface area contributed by atoms with Crippen molar-refractivity contribution in [3.05, 3.63) is 23.8 Å². The van der Waals surface area contributed by atoms with Crippen LogP contribution in [0.15, 0.2) is 18.2 Å². The van der Waals surface area contributed by atoms with Crippen molar-refractivity contribution in [3.8, 4) is 0 Å². The van der Waals surface area contributed by atoms with Gasteiger partial charge in [-0.15, -0.1) is 0 Å². The Morgan fingerprint density at radius 3 is 2.61 bits per heavy atom. The molecule has 0 unspecified atom stereocenters. The molecule has 2 aliphatic rings. The second kappa shape index (κ2) is 6.39. The molecular formula is C16H19F3N2O2. The molecule has 23 heavy (non-hydrogen) atoms. The van der Waals surface area contributed by atoms with Crippen molar-refractivity contribution < 1.29 is 22.7 Å². The first-order chi connectivity index (χ1) is 10.9. The maximum absolute atomic E-state index is 13.0. The van der Waals surface area contributed by atoms with Crippen LogP contribution < -0.4 is 10.2 Å². The van der Waals surface area contributed by atoms with Crippen molar-refractivity contribution in [3.63, 3.8) is 0 Å². The van der Waals surface area contributed by atoms with Gasteiger partial charge in [0.25, 0.3) is 0 Å². The van der Waals surface area contributed by atoms with Crippen molar-refractivity contribution in [1.82, 2.24) is 0 Å². The molecule has 1 atom stereocenters. The van der Waals surface area contributed by atoms with Gasteiger partial charge in [-0.25, -0.2) is 0 Å². The van der Waals surface area contributed by atoms with Gasteiger partial charge in [0, 0.05) is 19.7 Å². The number of hydrogen-bond donors (Lipinski definition) is 1. The lowest BCUT2D eigenvalue weighted by molar-refractivity contribution is -0.137. The summed E-state index contributed by atoms with van der Waals surface area (Å²) in [4.78, 5) is 14.3. The van der Waals surface area contributed by atoms with Gasteiger partial charge in [0.05, 0.1) is 29.5 Å². The highest BCUT2D eigenvalue weighted by atomic mass is 19.4. The number of carbonyl (C=O) groups excluding carboxylic acids is 1. The van der Waals surface area contributed by atoms with Crippen LogP contribution in [0.5, 0.6) is 0 Å². The molecule has 126 valence electrons. The van der Waals surface area contributed by atoms with E-state index in [1.807, 2.05) is 4.90 Å². The van der Waals surface area contributed by atoms with Crippen molar-refractivity contribution in [2.45, 2.75) is 25.4 Å². The highest BCUT2D eigenvalue weighted by Crippen LogP contribution is 2.36. The number of nitrogens with zero attached hydrogens (tertiary/aromatic N) is 1. The molecule has 0 saturated carbocycles. The van der Waals surface area contributed by atoms with Crippen LogP contribution in [0.2, 0.25) is 0 Å². The van der Waals surface area contributed by atoms with Gasteiger partial charge in [0.15, 0.2) is 0 Å².